The summed E-state index contributed by atoms with van der Waals surface area (Å²) >= 11 is 0. The molecule has 0 spiro atoms. The van der Waals surface area contributed by atoms with Crippen LogP contribution in [0.5, 0.6) is 0 Å². The van der Waals surface area contributed by atoms with Gasteiger partial charge >= 0.3 is 0 Å². The summed E-state index contributed by atoms with van der Waals surface area (Å²) in [6.07, 6.45) is 2.90. The van der Waals surface area contributed by atoms with Gasteiger partial charge in [0.1, 0.15) is 17.4 Å². The maximum absolute atomic E-state index is 13.4. The zero-order valence-corrected chi connectivity index (χ0v) is 12.8. The fourth-order valence-corrected chi connectivity index (χ4v) is 2.15. The van der Waals surface area contributed by atoms with Crippen LogP contribution in [0, 0.1) is 11.7 Å². The Kier molecular flexibility index (Phi) is 5.33. The van der Waals surface area contributed by atoms with E-state index in [4.69, 9.17) is 4.42 Å². The second-order valence-corrected chi connectivity index (χ2v) is 5.60. The van der Waals surface area contributed by atoms with Gasteiger partial charge in [0.15, 0.2) is 0 Å². The predicted molar refractivity (Wildman–Crippen MR) is 81.6 cm³/mol. The molecule has 0 amide bonds. The van der Waals surface area contributed by atoms with Gasteiger partial charge < -0.3 is 14.6 Å². The molecule has 0 atom stereocenters. The third kappa shape index (κ3) is 4.56. The molecule has 1 N–H and O–H groups in total. The molecule has 21 heavy (non-hydrogen) atoms. The summed E-state index contributed by atoms with van der Waals surface area (Å²) in [5, 5.41) is 3.33. The standard InChI is InChI=1S/C16H22FN3O/c1-12(2)8-18-9-13-7-14(17)10-19-16(13)20(3)11-15-5-4-6-21-15/h4-7,10,12,18H,8-9,11H2,1-3H3. The molecule has 4 nitrogen and oxygen atoms in total. The van der Waals surface area contributed by atoms with E-state index in [-0.39, 0.29) is 5.82 Å². The van der Waals surface area contributed by atoms with Crippen LogP contribution in [0.1, 0.15) is 25.2 Å². The lowest BCUT2D eigenvalue weighted by Gasteiger charge is -2.20. The van der Waals surface area contributed by atoms with E-state index in [9.17, 15) is 4.39 Å². The molecule has 0 fully saturated rings. The molecule has 2 rings (SSSR count). The highest BCUT2D eigenvalue weighted by Gasteiger charge is 2.12. The van der Waals surface area contributed by atoms with Gasteiger partial charge in [0.05, 0.1) is 19.0 Å². The second kappa shape index (κ2) is 7.22. The van der Waals surface area contributed by atoms with E-state index in [2.05, 4.69) is 24.1 Å². The maximum Gasteiger partial charge on any atom is 0.141 e. The lowest BCUT2D eigenvalue weighted by molar-refractivity contribution is 0.505. The van der Waals surface area contributed by atoms with Crippen LogP contribution in [0.3, 0.4) is 0 Å². The molecular formula is C16H22FN3O. The fraction of sp³-hybridized carbons (Fsp3) is 0.438. The van der Waals surface area contributed by atoms with Crippen molar-refractivity contribution < 1.29 is 8.81 Å². The van der Waals surface area contributed by atoms with Crippen LogP contribution in [-0.2, 0) is 13.1 Å². The van der Waals surface area contributed by atoms with Crippen molar-refractivity contribution in [2.45, 2.75) is 26.9 Å². The van der Waals surface area contributed by atoms with Crippen molar-refractivity contribution in [3.8, 4) is 0 Å². The zero-order chi connectivity index (χ0) is 15.2. The lowest BCUT2D eigenvalue weighted by atomic mass is 10.2. The summed E-state index contributed by atoms with van der Waals surface area (Å²) in [5.41, 5.74) is 0.852. The number of nitrogens with one attached hydrogen (secondary N) is 1. The van der Waals surface area contributed by atoms with Crippen LogP contribution in [0.25, 0.3) is 0 Å². The Hall–Kier alpha value is -1.88. The highest BCUT2D eigenvalue weighted by Crippen LogP contribution is 2.19. The first-order chi connectivity index (χ1) is 10.1. The number of hydrogen-bond acceptors (Lipinski definition) is 4. The third-order valence-electron chi connectivity index (χ3n) is 3.11. The first-order valence-electron chi connectivity index (χ1n) is 7.15. The molecule has 114 valence electrons. The number of rotatable bonds is 7. The summed E-state index contributed by atoms with van der Waals surface area (Å²) in [5.74, 6) is 1.86. The van der Waals surface area contributed by atoms with Gasteiger partial charge in [0, 0.05) is 19.2 Å². The lowest BCUT2D eigenvalue weighted by Crippen LogP contribution is -2.23. The van der Waals surface area contributed by atoms with Crippen molar-refractivity contribution in [2.75, 3.05) is 18.5 Å². The topological polar surface area (TPSA) is 41.3 Å². The average Bonchev–Trinajstić information content (AvgIpc) is 2.91. The van der Waals surface area contributed by atoms with Crippen LogP contribution >= 0.6 is 0 Å². The average molecular weight is 291 g/mol. The van der Waals surface area contributed by atoms with Crippen molar-refractivity contribution >= 4 is 5.82 Å². The number of pyridine rings is 1. The van der Waals surface area contributed by atoms with Gasteiger partial charge in [-0.15, -0.1) is 0 Å². The maximum atomic E-state index is 13.4. The van der Waals surface area contributed by atoms with Gasteiger partial charge in [-0.2, -0.15) is 0 Å². The van der Waals surface area contributed by atoms with Crippen LogP contribution < -0.4 is 10.2 Å². The summed E-state index contributed by atoms with van der Waals surface area (Å²) in [7, 11) is 1.93. The van der Waals surface area contributed by atoms with Gasteiger partial charge in [-0.1, -0.05) is 13.8 Å². The fourth-order valence-electron chi connectivity index (χ4n) is 2.15. The van der Waals surface area contributed by atoms with Gasteiger partial charge in [0.2, 0.25) is 0 Å². The number of furan rings is 1. The number of hydrogen-bond donors (Lipinski definition) is 1. The quantitative estimate of drug-likeness (QED) is 0.850. The van der Waals surface area contributed by atoms with E-state index < -0.39 is 0 Å². The smallest absolute Gasteiger partial charge is 0.141 e. The van der Waals surface area contributed by atoms with Crippen LogP contribution in [0.4, 0.5) is 10.2 Å². The van der Waals surface area contributed by atoms with E-state index in [1.165, 1.54) is 12.3 Å². The molecule has 0 aliphatic carbocycles. The summed E-state index contributed by atoms with van der Waals surface area (Å²) < 4.78 is 18.8. The minimum Gasteiger partial charge on any atom is -0.467 e. The third-order valence-corrected chi connectivity index (χ3v) is 3.11. The molecule has 0 unspecified atom stereocenters. The van der Waals surface area contributed by atoms with Crippen molar-refractivity contribution in [3.05, 3.63) is 47.8 Å². The molecule has 0 aliphatic rings. The molecular weight excluding hydrogens is 269 g/mol. The Labute approximate surface area is 125 Å². The molecule has 0 saturated heterocycles. The number of nitrogens with zero attached hydrogens (tertiary/aromatic N) is 2. The molecule has 0 aliphatic heterocycles. The van der Waals surface area contributed by atoms with E-state index in [1.807, 2.05) is 24.1 Å². The minimum atomic E-state index is -0.313. The van der Waals surface area contributed by atoms with Crippen LogP contribution in [0.15, 0.2) is 35.1 Å². The number of anilines is 1. The van der Waals surface area contributed by atoms with Gasteiger partial charge in [-0.05, 0) is 30.7 Å². The minimum absolute atomic E-state index is 0.313. The first-order valence-corrected chi connectivity index (χ1v) is 7.15. The van der Waals surface area contributed by atoms with Gasteiger partial charge in [-0.3, -0.25) is 0 Å². The van der Waals surface area contributed by atoms with Gasteiger partial charge in [-0.25, -0.2) is 9.37 Å². The molecule has 2 heterocycles. The van der Waals surface area contributed by atoms with E-state index in [0.29, 0.717) is 19.0 Å². The summed E-state index contributed by atoms with van der Waals surface area (Å²) in [6.45, 7) is 6.36. The second-order valence-electron chi connectivity index (χ2n) is 5.60. The molecule has 0 saturated carbocycles. The van der Waals surface area contributed by atoms with Crippen molar-refractivity contribution in [1.82, 2.24) is 10.3 Å². The Bertz CT molecular complexity index is 555. The Balaban J connectivity index is 2.09. The van der Waals surface area contributed by atoms with Crippen LogP contribution in [-0.4, -0.2) is 18.6 Å². The Morgan fingerprint density at radius 1 is 1.43 bits per heavy atom. The number of aromatic nitrogens is 1. The normalized spacial score (nSPS) is 11.1. The highest BCUT2D eigenvalue weighted by atomic mass is 19.1. The van der Waals surface area contributed by atoms with E-state index in [1.54, 1.807) is 6.26 Å². The molecule has 0 aromatic carbocycles. The first kappa shape index (κ1) is 15.5. The Morgan fingerprint density at radius 3 is 2.90 bits per heavy atom. The van der Waals surface area contributed by atoms with Gasteiger partial charge in [0.25, 0.3) is 0 Å². The largest absolute Gasteiger partial charge is 0.467 e. The molecule has 2 aromatic rings. The highest BCUT2D eigenvalue weighted by molar-refractivity contribution is 5.46. The monoisotopic (exact) mass is 291 g/mol. The molecule has 0 radical (unpaired) electrons. The molecule has 0 bridgehead atoms. The van der Waals surface area contributed by atoms with Crippen molar-refractivity contribution in [2.24, 2.45) is 5.92 Å². The van der Waals surface area contributed by atoms with Crippen molar-refractivity contribution in [1.29, 1.82) is 0 Å². The SMILES string of the molecule is CC(C)CNCc1cc(F)cnc1N(C)Cc1ccco1. The van der Waals surface area contributed by atoms with Crippen molar-refractivity contribution in [3.63, 3.8) is 0 Å². The Morgan fingerprint density at radius 2 is 2.24 bits per heavy atom. The van der Waals surface area contributed by atoms with Crippen LogP contribution in [0.2, 0.25) is 0 Å². The molecule has 5 heteroatoms. The zero-order valence-electron chi connectivity index (χ0n) is 12.8. The predicted octanol–water partition coefficient (Wildman–Crippen LogP) is 3.20. The summed E-state index contributed by atoms with van der Waals surface area (Å²) in [4.78, 5) is 6.19. The van der Waals surface area contributed by atoms with E-state index >= 15 is 0 Å². The van der Waals surface area contributed by atoms with E-state index in [0.717, 1.165) is 23.7 Å². The summed E-state index contributed by atoms with van der Waals surface area (Å²) in [6, 6.07) is 5.30. The molecule has 2 aromatic heterocycles. The number of halogens is 1.